The third-order valence-corrected chi connectivity index (χ3v) is 6.44. The summed E-state index contributed by atoms with van der Waals surface area (Å²) < 4.78 is 51.6. The van der Waals surface area contributed by atoms with Gasteiger partial charge in [0.25, 0.3) is 15.9 Å². The third-order valence-electron chi connectivity index (χ3n) is 4.18. The molecule has 9 nitrogen and oxygen atoms in total. The highest BCUT2D eigenvalue weighted by Crippen LogP contribution is 2.24. The van der Waals surface area contributed by atoms with Gasteiger partial charge in [0.2, 0.25) is 10.0 Å². The topological polar surface area (TPSA) is 135 Å². The molecule has 0 atom stereocenters. The van der Waals surface area contributed by atoms with Crippen LogP contribution in [0.1, 0.15) is 5.56 Å². The smallest absolute Gasteiger partial charge is 0.267 e. The Morgan fingerprint density at radius 1 is 0.935 bits per heavy atom. The highest BCUT2D eigenvalue weighted by molar-refractivity contribution is 7.92. The molecule has 0 aliphatic carbocycles. The Bertz CT molecular complexity index is 1320. The van der Waals surface area contributed by atoms with Gasteiger partial charge < -0.3 is 0 Å². The van der Waals surface area contributed by atoms with Gasteiger partial charge in [-0.15, -0.1) is 0 Å². The van der Waals surface area contributed by atoms with E-state index in [2.05, 4.69) is 4.72 Å². The van der Waals surface area contributed by atoms with Gasteiger partial charge in [0.1, 0.15) is 0 Å². The number of hydrogen-bond acceptors (Lipinski definition) is 6. The Balaban J connectivity index is 1.80. The molecule has 0 saturated carbocycles. The molecule has 3 N–H and O–H groups in total. The molecular formula is C20H19N3O6S2. The Morgan fingerprint density at radius 3 is 2.06 bits per heavy atom. The van der Waals surface area contributed by atoms with E-state index in [1.165, 1.54) is 42.1 Å². The number of carbonyl (C=O) groups is 1. The maximum Gasteiger partial charge on any atom is 0.267 e. The van der Waals surface area contributed by atoms with Gasteiger partial charge in [-0.25, -0.2) is 26.3 Å². The van der Waals surface area contributed by atoms with Gasteiger partial charge in [-0.3, -0.25) is 14.7 Å². The van der Waals surface area contributed by atoms with E-state index in [0.29, 0.717) is 11.3 Å². The third kappa shape index (κ3) is 5.60. The second-order valence-electron chi connectivity index (χ2n) is 6.57. The summed E-state index contributed by atoms with van der Waals surface area (Å²) in [5.74, 6) is -0.730. The summed E-state index contributed by atoms with van der Waals surface area (Å²) in [5.41, 5.74) is 3.89. The lowest BCUT2D eigenvalue weighted by Gasteiger charge is -2.08. The van der Waals surface area contributed by atoms with Crippen molar-refractivity contribution in [2.45, 2.75) is 4.90 Å². The van der Waals surface area contributed by atoms with Gasteiger partial charge in [-0.2, -0.15) is 0 Å². The minimum Gasteiger partial charge on any atom is -0.288 e. The van der Waals surface area contributed by atoms with E-state index >= 15 is 0 Å². The van der Waals surface area contributed by atoms with Crippen molar-refractivity contribution in [3.8, 4) is 11.1 Å². The van der Waals surface area contributed by atoms with Crippen LogP contribution in [-0.4, -0.2) is 38.2 Å². The molecule has 0 saturated heterocycles. The zero-order chi connectivity index (χ0) is 22.6. The van der Waals surface area contributed by atoms with Crippen LogP contribution < -0.4 is 10.2 Å². The summed E-state index contributed by atoms with van der Waals surface area (Å²) in [4.78, 5) is 11.1. The fraction of sp³-hybridized carbons (Fsp3) is 0.0500. The monoisotopic (exact) mass is 461 g/mol. The number of anilines is 1. The number of carbonyl (C=O) groups excluding carboxylic acids is 1. The van der Waals surface area contributed by atoms with Gasteiger partial charge in [-0.05, 0) is 53.1 Å². The predicted octanol–water partition coefficient (Wildman–Crippen LogP) is 2.28. The highest BCUT2D eigenvalue weighted by Gasteiger charge is 2.16. The van der Waals surface area contributed by atoms with Crippen LogP contribution in [0, 0.1) is 0 Å². The molecule has 31 heavy (non-hydrogen) atoms. The van der Waals surface area contributed by atoms with E-state index in [4.69, 9.17) is 5.21 Å². The van der Waals surface area contributed by atoms with Crippen LogP contribution in [0.4, 0.5) is 5.69 Å². The van der Waals surface area contributed by atoms with Crippen molar-refractivity contribution in [2.75, 3.05) is 11.0 Å². The molecule has 0 aliphatic rings. The maximum atomic E-state index is 12.8. The van der Waals surface area contributed by atoms with Gasteiger partial charge in [0.05, 0.1) is 11.2 Å². The molecule has 0 unspecified atom stereocenters. The van der Waals surface area contributed by atoms with Crippen molar-refractivity contribution >= 4 is 37.7 Å². The first-order chi connectivity index (χ1) is 14.6. The van der Waals surface area contributed by atoms with E-state index in [9.17, 15) is 21.6 Å². The van der Waals surface area contributed by atoms with Crippen LogP contribution in [0.5, 0.6) is 0 Å². The predicted molar refractivity (Wildman–Crippen MR) is 116 cm³/mol. The standard InChI is InChI=1S/C20H19N3O6S2/c1-30(26,27)22-18-7-3-16(4-8-18)17-5-9-19(10-6-17)31(28,29)23-13-12-15(14-23)2-11-20(24)21-25/h2-14,22,25H,1H3,(H,21,24). The molecule has 162 valence electrons. The lowest BCUT2D eigenvalue weighted by Crippen LogP contribution is -2.14. The SMILES string of the molecule is CS(=O)(=O)Nc1ccc(-c2ccc(S(=O)(=O)n3ccc(C=CC(=O)NO)c3)cc2)cc1. The summed E-state index contributed by atoms with van der Waals surface area (Å²) in [6, 6.07) is 14.5. The van der Waals surface area contributed by atoms with Crippen molar-refractivity contribution in [1.29, 1.82) is 0 Å². The number of rotatable bonds is 7. The highest BCUT2D eigenvalue weighted by atomic mass is 32.2. The second kappa shape index (κ2) is 8.76. The Labute approximate surface area is 179 Å². The summed E-state index contributed by atoms with van der Waals surface area (Å²) >= 11 is 0. The first kappa shape index (κ1) is 22.3. The van der Waals surface area contributed by atoms with E-state index in [0.717, 1.165) is 27.4 Å². The number of aromatic nitrogens is 1. The minimum absolute atomic E-state index is 0.0749. The number of benzene rings is 2. The van der Waals surface area contributed by atoms with E-state index in [1.807, 2.05) is 0 Å². The first-order valence-electron chi connectivity index (χ1n) is 8.82. The number of hydrogen-bond donors (Lipinski definition) is 3. The van der Waals surface area contributed by atoms with Gasteiger partial charge in [0.15, 0.2) is 0 Å². The molecule has 2 aromatic carbocycles. The molecule has 3 aromatic rings. The summed E-state index contributed by atoms with van der Waals surface area (Å²) in [6.45, 7) is 0. The molecule has 1 heterocycles. The largest absolute Gasteiger partial charge is 0.288 e. The summed E-state index contributed by atoms with van der Waals surface area (Å²) in [5, 5.41) is 8.48. The average molecular weight is 462 g/mol. The molecule has 11 heteroatoms. The molecular weight excluding hydrogens is 442 g/mol. The van der Waals surface area contributed by atoms with Crippen molar-refractivity contribution in [3.05, 3.63) is 78.6 Å². The lowest BCUT2D eigenvalue weighted by molar-refractivity contribution is -0.124. The molecule has 0 spiro atoms. The molecule has 3 rings (SSSR count). The van der Waals surface area contributed by atoms with Gasteiger partial charge in [0, 0.05) is 24.2 Å². The average Bonchev–Trinajstić information content (AvgIpc) is 3.21. The number of nitrogens with zero attached hydrogens (tertiary/aromatic N) is 1. The van der Waals surface area contributed by atoms with Crippen LogP contribution >= 0.6 is 0 Å². The zero-order valence-corrected chi connectivity index (χ0v) is 17.9. The van der Waals surface area contributed by atoms with Gasteiger partial charge >= 0.3 is 0 Å². The fourth-order valence-corrected chi connectivity index (χ4v) is 4.50. The van der Waals surface area contributed by atoms with Gasteiger partial charge in [-0.1, -0.05) is 24.3 Å². The lowest BCUT2D eigenvalue weighted by atomic mass is 10.1. The first-order valence-corrected chi connectivity index (χ1v) is 12.2. The van der Waals surface area contributed by atoms with Crippen LogP contribution in [0.3, 0.4) is 0 Å². The Kier molecular flexibility index (Phi) is 6.29. The van der Waals surface area contributed by atoms with Crippen molar-refractivity contribution < 1.29 is 26.8 Å². The second-order valence-corrected chi connectivity index (χ2v) is 10.2. The van der Waals surface area contributed by atoms with Crippen molar-refractivity contribution in [3.63, 3.8) is 0 Å². The minimum atomic E-state index is -3.83. The zero-order valence-electron chi connectivity index (χ0n) is 16.3. The molecule has 0 bridgehead atoms. The molecule has 1 amide bonds. The molecule has 0 aliphatic heterocycles. The number of sulfonamides is 1. The maximum absolute atomic E-state index is 12.8. The number of amides is 1. The van der Waals surface area contributed by atoms with Crippen LogP contribution in [-0.2, 0) is 24.8 Å². The summed E-state index contributed by atoms with van der Waals surface area (Å²) in [6.07, 6.45) is 6.20. The molecule has 0 fully saturated rings. The van der Waals surface area contributed by atoms with E-state index in [1.54, 1.807) is 36.4 Å². The normalized spacial score (nSPS) is 12.1. The van der Waals surface area contributed by atoms with Crippen molar-refractivity contribution in [1.82, 2.24) is 9.45 Å². The van der Waals surface area contributed by atoms with Crippen LogP contribution in [0.15, 0.2) is 78.0 Å². The Hall–Kier alpha value is -3.41. The number of nitrogens with one attached hydrogen (secondary N) is 2. The number of hydroxylamine groups is 1. The van der Waals surface area contributed by atoms with Crippen LogP contribution in [0.25, 0.3) is 17.2 Å². The van der Waals surface area contributed by atoms with E-state index in [-0.39, 0.29) is 4.90 Å². The van der Waals surface area contributed by atoms with E-state index < -0.39 is 26.0 Å². The Morgan fingerprint density at radius 2 is 1.52 bits per heavy atom. The van der Waals surface area contributed by atoms with Crippen LogP contribution in [0.2, 0.25) is 0 Å². The quantitative estimate of drug-likeness (QED) is 0.281. The summed E-state index contributed by atoms with van der Waals surface area (Å²) in [7, 11) is -7.20. The molecule has 1 aromatic heterocycles. The fourth-order valence-electron chi connectivity index (χ4n) is 2.74. The molecule has 0 radical (unpaired) electrons. The van der Waals surface area contributed by atoms with Crippen molar-refractivity contribution in [2.24, 2.45) is 0 Å².